The largest absolute Gasteiger partial charge is 0.192 e. The number of nitriles is 4. The average molecular weight is 827 g/mol. The summed E-state index contributed by atoms with van der Waals surface area (Å²) in [6, 6.07) is 54.7. The Morgan fingerprint density at radius 3 is 1.05 bits per heavy atom. The fourth-order valence-electron chi connectivity index (χ4n) is 11.8. The third-order valence-corrected chi connectivity index (χ3v) is 14.0. The van der Waals surface area contributed by atoms with Gasteiger partial charge in [-0.25, -0.2) is 0 Å². The van der Waals surface area contributed by atoms with Gasteiger partial charge < -0.3 is 0 Å². The van der Waals surface area contributed by atoms with E-state index in [0.717, 1.165) is 68.5 Å². The molecular formula is C60H50N4. The smallest absolute Gasteiger partial charge is 0.0998 e. The van der Waals surface area contributed by atoms with Gasteiger partial charge in [0.05, 0.1) is 46.5 Å². The molecule has 0 radical (unpaired) electrons. The van der Waals surface area contributed by atoms with Crippen molar-refractivity contribution in [2.45, 2.75) is 89.9 Å². The summed E-state index contributed by atoms with van der Waals surface area (Å²) in [5.41, 5.74) is 17.1. The van der Waals surface area contributed by atoms with E-state index in [1.54, 1.807) is 0 Å². The molecule has 0 bridgehead atoms. The molecule has 0 amide bonds. The van der Waals surface area contributed by atoms with E-state index in [2.05, 4.69) is 128 Å². The Morgan fingerprint density at radius 1 is 0.328 bits per heavy atom. The van der Waals surface area contributed by atoms with Crippen LogP contribution in [0, 0.1) is 45.3 Å². The molecule has 0 spiro atoms. The molecule has 64 heavy (non-hydrogen) atoms. The van der Waals surface area contributed by atoms with Gasteiger partial charge in [-0.05, 0) is 149 Å². The van der Waals surface area contributed by atoms with E-state index < -0.39 is 0 Å². The first-order valence-corrected chi connectivity index (χ1v) is 22.1. The van der Waals surface area contributed by atoms with Gasteiger partial charge in [0.2, 0.25) is 0 Å². The fourth-order valence-corrected chi connectivity index (χ4v) is 11.8. The van der Waals surface area contributed by atoms with Gasteiger partial charge in [-0.1, -0.05) is 152 Å². The lowest BCUT2D eigenvalue weighted by molar-refractivity contribution is 0.402. The van der Waals surface area contributed by atoms with Crippen LogP contribution in [0.1, 0.15) is 113 Å². The van der Waals surface area contributed by atoms with Crippen molar-refractivity contribution in [3.8, 4) is 91.0 Å². The number of nitrogens with zero attached hydrogens (tertiary/aromatic N) is 4. The summed E-state index contributed by atoms with van der Waals surface area (Å²) in [4.78, 5) is 0. The third-order valence-electron chi connectivity index (χ3n) is 14.0. The van der Waals surface area contributed by atoms with Crippen molar-refractivity contribution in [3.63, 3.8) is 0 Å². The zero-order valence-electron chi connectivity index (χ0n) is 37.9. The highest BCUT2D eigenvalue weighted by atomic mass is 14.5. The Balaban J connectivity index is 1.64. The fraction of sp³-hybridized carbons (Fsp3) is 0.233. The molecule has 4 heteroatoms. The monoisotopic (exact) mass is 826 g/mol. The quantitative estimate of drug-likeness (QED) is 0.167. The highest BCUT2D eigenvalue weighted by molar-refractivity contribution is 6.16. The molecule has 7 aromatic carbocycles. The Hall–Kier alpha value is -7.50. The van der Waals surface area contributed by atoms with Gasteiger partial charge in [0.15, 0.2) is 0 Å². The van der Waals surface area contributed by atoms with E-state index in [1.165, 1.54) is 22.3 Å². The molecular weight excluding hydrogens is 777 g/mol. The summed E-state index contributed by atoms with van der Waals surface area (Å²) in [5, 5.41) is 42.9. The van der Waals surface area contributed by atoms with E-state index in [1.807, 2.05) is 84.9 Å². The van der Waals surface area contributed by atoms with Gasteiger partial charge in [-0.3, -0.25) is 0 Å². The summed E-state index contributed by atoms with van der Waals surface area (Å²) in [7, 11) is 0. The lowest BCUT2D eigenvalue weighted by atomic mass is 9.72. The van der Waals surface area contributed by atoms with Crippen LogP contribution in [0.25, 0.3) is 66.8 Å². The first-order chi connectivity index (χ1) is 30.5. The number of hydrogen-bond donors (Lipinski definition) is 0. The average Bonchev–Trinajstić information content (AvgIpc) is 3.61. The van der Waals surface area contributed by atoms with Gasteiger partial charge in [-0.15, -0.1) is 0 Å². The first kappa shape index (κ1) is 41.8. The third kappa shape index (κ3) is 6.71. The minimum Gasteiger partial charge on any atom is -0.192 e. The van der Waals surface area contributed by atoms with Crippen molar-refractivity contribution in [1.29, 1.82) is 21.0 Å². The Kier molecular flexibility index (Phi) is 9.87. The van der Waals surface area contributed by atoms with Crippen LogP contribution in [-0.4, -0.2) is 0 Å². The summed E-state index contributed by atoms with van der Waals surface area (Å²) >= 11 is 0. The molecule has 0 saturated carbocycles. The second-order valence-corrected chi connectivity index (χ2v) is 20.4. The molecule has 2 aliphatic carbocycles. The lowest BCUT2D eigenvalue weighted by Gasteiger charge is -2.30. The van der Waals surface area contributed by atoms with Crippen LogP contribution in [0.4, 0.5) is 0 Å². The molecule has 0 heterocycles. The molecule has 0 atom stereocenters. The van der Waals surface area contributed by atoms with Crippen LogP contribution in [0.2, 0.25) is 0 Å². The normalized spacial score (nSPS) is 15.8. The molecule has 0 fully saturated rings. The standard InChI is InChI=1S/C60H50N4/c1-57(2)35-59(5,6)49-29-41(23-25-47(49)57)51-52(42-24-26-48-50(30-42)60(7,8)36-58(48,3)4)54(40-20-14-16-38(28-40)32-62)56(46-22-12-10-18-44(46)34-64)55(45-21-11-9-17-43(45)33-63)53(51)39-19-13-15-37(27-39)31-61/h9-30H,35-36H2,1-8H3. The topological polar surface area (TPSA) is 95.2 Å². The minimum absolute atomic E-state index is 0.0346. The second-order valence-electron chi connectivity index (χ2n) is 20.4. The maximum absolute atomic E-state index is 11.0. The molecule has 310 valence electrons. The van der Waals surface area contributed by atoms with E-state index in [9.17, 15) is 21.0 Å². The zero-order valence-corrected chi connectivity index (χ0v) is 37.9. The molecule has 0 saturated heterocycles. The molecule has 2 aliphatic rings. The molecule has 4 nitrogen and oxygen atoms in total. The van der Waals surface area contributed by atoms with Crippen molar-refractivity contribution >= 4 is 0 Å². The summed E-state index contributed by atoms with van der Waals surface area (Å²) in [6.45, 7) is 18.7. The van der Waals surface area contributed by atoms with Crippen LogP contribution < -0.4 is 0 Å². The number of rotatable bonds is 6. The SMILES string of the molecule is CC1(C)CC(C)(C)c2cc(-c3c(-c4ccc5c(c4)C(C)(C)CC5(C)C)c(-c4cccc(C#N)c4)c(-c4ccccc4C#N)c(-c4ccccc4C#N)c3-c3cccc(C#N)c3)ccc21. The zero-order chi connectivity index (χ0) is 45.3. The maximum atomic E-state index is 11.0. The van der Waals surface area contributed by atoms with Gasteiger partial charge in [0.1, 0.15) is 0 Å². The number of benzene rings is 7. The van der Waals surface area contributed by atoms with Crippen molar-refractivity contribution in [2.24, 2.45) is 0 Å². The number of fused-ring (bicyclic) bond motifs is 2. The summed E-state index contributed by atoms with van der Waals surface area (Å²) in [6.07, 6.45) is 1.99. The van der Waals surface area contributed by atoms with E-state index in [-0.39, 0.29) is 21.7 Å². The molecule has 0 aliphatic heterocycles. The van der Waals surface area contributed by atoms with Gasteiger partial charge in [-0.2, -0.15) is 21.0 Å². The first-order valence-electron chi connectivity index (χ1n) is 22.1. The molecule has 9 rings (SSSR count). The highest BCUT2D eigenvalue weighted by Crippen LogP contribution is 2.59. The van der Waals surface area contributed by atoms with Crippen molar-refractivity contribution in [1.82, 2.24) is 0 Å². The minimum atomic E-state index is -0.120. The molecule has 0 unspecified atom stereocenters. The summed E-state index contributed by atoms with van der Waals surface area (Å²) in [5.74, 6) is 0. The number of hydrogen-bond acceptors (Lipinski definition) is 4. The van der Waals surface area contributed by atoms with E-state index in [4.69, 9.17) is 0 Å². The van der Waals surface area contributed by atoms with Gasteiger partial charge in [0.25, 0.3) is 0 Å². The van der Waals surface area contributed by atoms with E-state index >= 15 is 0 Å². The second kappa shape index (κ2) is 15.1. The van der Waals surface area contributed by atoms with Crippen LogP contribution in [-0.2, 0) is 21.7 Å². The van der Waals surface area contributed by atoms with Crippen LogP contribution in [0.15, 0.2) is 133 Å². The van der Waals surface area contributed by atoms with Crippen LogP contribution >= 0.6 is 0 Å². The maximum Gasteiger partial charge on any atom is 0.0998 e. The van der Waals surface area contributed by atoms with E-state index in [0.29, 0.717) is 33.4 Å². The predicted octanol–water partition coefficient (Wildman–Crippen LogP) is 15.1. The molecule has 0 N–H and O–H groups in total. The Labute approximate surface area is 378 Å². The van der Waals surface area contributed by atoms with Gasteiger partial charge >= 0.3 is 0 Å². The van der Waals surface area contributed by atoms with Crippen molar-refractivity contribution < 1.29 is 0 Å². The Bertz CT molecular complexity index is 3050. The predicted molar refractivity (Wildman–Crippen MR) is 259 cm³/mol. The van der Waals surface area contributed by atoms with Crippen LogP contribution in [0.5, 0.6) is 0 Å². The Morgan fingerprint density at radius 2 is 0.672 bits per heavy atom. The van der Waals surface area contributed by atoms with Crippen molar-refractivity contribution in [3.05, 3.63) is 178 Å². The van der Waals surface area contributed by atoms with Crippen LogP contribution in [0.3, 0.4) is 0 Å². The van der Waals surface area contributed by atoms with Gasteiger partial charge in [0, 0.05) is 11.1 Å². The molecule has 7 aromatic rings. The van der Waals surface area contributed by atoms with Crippen molar-refractivity contribution in [2.75, 3.05) is 0 Å². The highest BCUT2D eigenvalue weighted by Gasteiger charge is 2.44. The summed E-state index contributed by atoms with van der Waals surface area (Å²) < 4.78 is 0. The molecule has 0 aromatic heterocycles. The lowest BCUT2D eigenvalue weighted by Crippen LogP contribution is -2.18.